The van der Waals surface area contributed by atoms with Gasteiger partial charge in [0.25, 0.3) is 17.5 Å². The molecule has 28 nitrogen and oxygen atoms in total. The van der Waals surface area contributed by atoms with Crippen LogP contribution in [-0.4, -0.2) is 213 Å². The summed E-state index contributed by atoms with van der Waals surface area (Å²) in [6.45, 7) is 7.44. The number of morpholine rings is 1. The third-order valence-corrected chi connectivity index (χ3v) is 18.5. The molecule has 552 valence electrons. The van der Waals surface area contributed by atoms with Gasteiger partial charge in [0.1, 0.15) is 74.8 Å². The Bertz CT molecular complexity index is 3400. The number of nitrogens with one attached hydrogen (secondary N) is 2. The summed E-state index contributed by atoms with van der Waals surface area (Å²) in [6, 6.07) is 32.9. The molecule has 5 fully saturated rings. The molecule has 2 bridgehead atoms. The topological polar surface area (TPSA) is 349 Å². The standard InChI is InChI=1S/C69H85Cl3N2O26Si/c1-40(75)87-37-51(95-42(3)77)57(96-43(4)78)59-53(74-66(84)92-39-69(70,71)72)49(94-41(2)76)31-68(100-59,65(83)85-5)98-50-32-67(64(82)73-54(50)58(99-67)55(80)48(79)36-91-62(81)47-27-19-12-20-28-47)93-38-52-56(88-33-44-21-13-9-14-22-44)60(89-34-45-23-15-10-16-24-45)61(90-35-46-25-17-11-18-26-46)63(97-52)86-29-30-101(6,7)8/h9-28,48-61,63,79-80H,29-39H2,1-8H3,(H,73,82)(H,74,84)/t48-,49+,50+,51-,52-,53-,54-,55-,56-,57-,58-,59-,60+,61-,63-,67-,68-/m1/s1. The highest BCUT2D eigenvalue weighted by atomic mass is 35.6. The van der Waals surface area contributed by atoms with Crippen LogP contribution in [0.3, 0.4) is 0 Å². The molecule has 0 aliphatic carbocycles. The first-order valence-electron chi connectivity index (χ1n) is 32.5. The lowest BCUT2D eigenvalue weighted by atomic mass is 9.83. The highest BCUT2D eigenvalue weighted by Gasteiger charge is 2.67. The molecule has 4 aromatic carbocycles. The average molecular weight is 1490 g/mol. The number of esters is 6. The number of alkyl halides is 3. The van der Waals surface area contributed by atoms with Gasteiger partial charge in [-0.3, -0.25) is 24.0 Å². The molecule has 0 unspecified atom stereocenters. The van der Waals surface area contributed by atoms with Crippen LogP contribution in [0, 0.1) is 0 Å². The minimum Gasteiger partial charge on any atom is -0.465 e. The molecule has 0 saturated carbocycles. The summed E-state index contributed by atoms with van der Waals surface area (Å²) in [5, 5.41) is 29.5. The summed E-state index contributed by atoms with van der Waals surface area (Å²) >= 11 is 17.8. The molecule has 2 amide bonds. The molecular weight excluding hydrogens is 1410 g/mol. The Balaban J connectivity index is 1.25. The van der Waals surface area contributed by atoms with E-state index < -0.39 is 202 Å². The maximum absolute atomic E-state index is 15.2. The molecule has 4 N–H and O–H groups in total. The Kier molecular flexibility index (Phi) is 28.8. The lowest BCUT2D eigenvalue weighted by molar-refractivity contribution is -0.374. The van der Waals surface area contributed by atoms with E-state index in [-0.39, 0.29) is 32.0 Å². The van der Waals surface area contributed by atoms with Gasteiger partial charge in [-0.2, -0.15) is 0 Å². The fourth-order valence-electron chi connectivity index (χ4n) is 11.8. The van der Waals surface area contributed by atoms with Gasteiger partial charge in [-0.05, 0) is 34.9 Å². The van der Waals surface area contributed by atoms with Gasteiger partial charge in [-0.15, -0.1) is 0 Å². The third-order valence-electron chi connectivity index (χ3n) is 16.5. The summed E-state index contributed by atoms with van der Waals surface area (Å²) in [6.07, 6.45) is -24.6. The number of aliphatic hydroxyl groups excluding tert-OH is 2. The van der Waals surface area contributed by atoms with Crippen molar-refractivity contribution in [3.8, 4) is 0 Å². The number of piperidine rings is 1. The van der Waals surface area contributed by atoms with Crippen LogP contribution in [0.2, 0.25) is 25.7 Å². The van der Waals surface area contributed by atoms with E-state index in [1.807, 2.05) is 91.0 Å². The zero-order valence-corrected chi connectivity index (χ0v) is 60.1. The number of rotatable bonds is 33. The van der Waals surface area contributed by atoms with Crippen molar-refractivity contribution < 1.29 is 124 Å². The van der Waals surface area contributed by atoms with Crippen LogP contribution < -0.4 is 10.6 Å². The number of benzene rings is 4. The van der Waals surface area contributed by atoms with Crippen molar-refractivity contribution in [2.75, 3.05) is 40.1 Å². The number of hydrogen-bond acceptors (Lipinski definition) is 26. The quantitative estimate of drug-likeness (QED) is 0.0177. The summed E-state index contributed by atoms with van der Waals surface area (Å²) in [5.74, 6) is -13.1. The van der Waals surface area contributed by atoms with Crippen LogP contribution in [0.15, 0.2) is 121 Å². The van der Waals surface area contributed by atoms with Crippen molar-refractivity contribution in [1.82, 2.24) is 10.6 Å². The minimum absolute atomic E-state index is 0.0228. The number of methoxy groups -OCH3 is 1. The first-order valence-corrected chi connectivity index (χ1v) is 37.3. The molecule has 101 heavy (non-hydrogen) atoms. The van der Waals surface area contributed by atoms with Crippen molar-refractivity contribution in [3.63, 3.8) is 0 Å². The molecule has 0 spiro atoms. The Hall–Kier alpha value is -6.91. The van der Waals surface area contributed by atoms with Gasteiger partial charge < -0.3 is 96.6 Å². The number of alkyl carbamates (subject to hydrolysis) is 1. The van der Waals surface area contributed by atoms with Crippen LogP contribution in [0.4, 0.5) is 4.79 Å². The number of ether oxygens (including phenoxy) is 16. The molecule has 4 aromatic rings. The van der Waals surface area contributed by atoms with E-state index in [9.17, 15) is 39.0 Å². The first kappa shape index (κ1) is 79.8. The number of amides is 2. The molecule has 5 aliphatic heterocycles. The predicted molar refractivity (Wildman–Crippen MR) is 358 cm³/mol. The third kappa shape index (κ3) is 22.8. The zero-order chi connectivity index (χ0) is 73.2. The van der Waals surface area contributed by atoms with Crippen LogP contribution in [0.5, 0.6) is 0 Å². The van der Waals surface area contributed by atoms with E-state index in [4.69, 9.17) is 111 Å². The van der Waals surface area contributed by atoms with Gasteiger partial charge in [-0.25, -0.2) is 14.4 Å². The van der Waals surface area contributed by atoms with Crippen LogP contribution >= 0.6 is 34.8 Å². The average Bonchev–Trinajstić information content (AvgIpc) is 0.724. The molecule has 5 saturated heterocycles. The summed E-state index contributed by atoms with van der Waals surface area (Å²) in [7, 11) is -0.874. The van der Waals surface area contributed by atoms with Crippen LogP contribution in [0.25, 0.3) is 0 Å². The van der Waals surface area contributed by atoms with Gasteiger partial charge >= 0.3 is 41.9 Å². The second-order valence-electron chi connectivity index (χ2n) is 25.6. The molecule has 17 atom stereocenters. The fourth-order valence-corrected chi connectivity index (χ4v) is 12.7. The second kappa shape index (κ2) is 36.5. The predicted octanol–water partition coefficient (Wildman–Crippen LogP) is 6.27. The highest BCUT2D eigenvalue weighted by Crippen LogP contribution is 2.45. The van der Waals surface area contributed by atoms with Crippen molar-refractivity contribution in [1.29, 1.82) is 0 Å². The largest absolute Gasteiger partial charge is 0.465 e. The first-order chi connectivity index (χ1) is 48.0. The van der Waals surface area contributed by atoms with Gasteiger partial charge in [0.15, 0.2) is 18.5 Å². The van der Waals surface area contributed by atoms with E-state index in [1.54, 1.807) is 18.2 Å². The monoisotopic (exact) mass is 1490 g/mol. The van der Waals surface area contributed by atoms with Crippen molar-refractivity contribution in [2.24, 2.45) is 0 Å². The van der Waals surface area contributed by atoms with E-state index in [0.717, 1.165) is 51.5 Å². The second-order valence-corrected chi connectivity index (χ2v) is 33.7. The van der Waals surface area contributed by atoms with Gasteiger partial charge in [0, 0.05) is 48.8 Å². The molecule has 5 aliphatic rings. The maximum Gasteiger partial charge on any atom is 0.407 e. The molecule has 0 radical (unpaired) electrons. The smallest absolute Gasteiger partial charge is 0.407 e. The van der Waals surface area contributed by atoms with Gasteiger partial charge in [0.2, 0.25) is 3.79 Å². The number of carbonyl (C=O) groups is 8. The molecule has 9 rings (SSSR count). The Morgan fingerprint density at radius 3 is 1.76 bits per heavy atom. The SMILES string of the molecule is COC(=O)[C@@]1(O[C@H]2C[C@@]3(OC[C@H]4O[C@@H](OCC[Si](C)(C)C)[C@H](OCc5ccccc5)[C@@H](OCc5ccccc5)[C@@H]4OCc4ccccc4)O[C@@H]([C@H](O)[C@H](O)COC(=O)c4ccccc4)[C@@H]2NC3=O)C[C@H](OC(C)=O)[C@@H](NC(=O)OCC(Cl)(Cl)Cl)[C@H]([C@H](OC(C)=O)[C@@H](COC(C)=O)OC(C)=O)O1. The van der Waals surface area contributed by atoms with E-state index in [0.29, 0.717) is 6.04 Å². The van der Waals surface area contributed by atoms with Crippen LogP contribution in [0.1, 0.15) is 67.6 Å². The maximum atomic E-state index is 15.2. The van der Waals surface area contributed by atoms with E-state index >= 15 is 9.59 Å². The molecule has 5 heterocycles. The van der Waals surface area contributed by atoms with Crippen molar-refractivity contribution in [3.05, 3.63) is 144 Å². The lowest BCUT2D eigenvalue weighted by Crippen LogP contribution is -2.78. The Morgan fingerprint density at radius 2 is 1.23 bits per heavy atom. The Morgan fingerprint density at radius 1 is 0.663 bits per heavy atom. The molecular formula is C69H85Cl3N2O26Si. The number of fused-ring (bicyclic) bond motifs is 3. The minimum atomic E-state index is -3.02. The number of aliphatic hydroxyl groups is 2. The number of hydrogen-bond donors (Lipinski definition) is 4. The normalized spacial score (nSPS) is 26.9. The summed E-state index contributed by atoms with van der Waals surface area (Å²) in [5.41, 5.74) is 2.45. The lowest BCUT2D eigenvalue weighted by Gasteiger charge is -2.56. The van der Waals surface area contributed by atoms with Gasteiger partial charge in [0.05, 0.1) is 63.7 Å². The summed E-state index contributed by atoms with van der Waals surface area (Å²) in [4.78, 5) is 109. The Labute approximate surface area is 599 Å². The van der Waals surface area contributed by atoms with Crippen molar-refractivity contribution >= 4 is 90.7 Å². The summed E-state index contributed by atoms with van der Waals surface area (Å²) < 4.78 is 97.6. The zero-order valence-electron chi connectivity index (χ0n) is 56.8. The number of halogens is 3. The van der Waals surface area contributed by atoms with E-state index in [1.165, 1.54) is 12.1 Å². The molecule has 32 heteroatoms. The van der Waals surface area contributed by atoms with E-state index in [2.05, 4.69) is 30.3 Å². The number of carbonyl (C=O) groups excluding carboxylic acids is 8. The van der Waals surface area contributed by atoms with Crippen LogP contribution in [-0.2, 0) is 124 Å². The van der Waals surface area contributed by atoms with Crippen molar-refractivity contribution in [2.45, 2.75) is 193 Å². The fraction of sp³-hybridized carbons (Fsp3) is 0.536. The molecule has 0 aromatic heterocycles. The highest BCUT2D eigenvalue weighted by molar-refractivity contribution is 6.76. The van der Waals surface area contributed by atoms with Gasteiger partial charge in [-0.1, -0.05) is 164 Å².